The van der Waals surface area contributed by atoms with Crippen LogP contribution in [-0.4, -0.2) is 42.4 Å². The molecule has 0 amide bonds. The molecule has 0 aliphatic heterocycles. The molecular formula is C12H15N3O3S. The molecule has 102 valence electrons. The van der Waals surface area contributed by atoms with E-state index in [2.05, 4.69) is 15.2 Å². The van der Waals surface area contributed by atoms with E-state index in [4.69, 9.17) is 0 Å². The lowest BCUT2D eigenvalue weighted by Gasteiger charge is -2.16. The van der Waals surface area contributed by atoms with Crippen molar-refractivity contribution < 1.29 is 15.0 Å². The molecule has 19 heavy (non-hydrogen) atoms. The highest BCUT2D eigenvalue weighted by Gasteiger charge is 2.20. The Balaban J connectivity index is 2.01. The summed E-state index contributed by atoms with van der Waals surface area (Å²) < 4.78 is 0. The molecule has 2 atom stereocenters. The second-order valence-corrected chi connectivity index (χ2v) is 5.48. The number of carbonyl (C=O) groups is 1. The van der Waals surface area contributed by atoms with Crippen LogP contribution < -0.4 is 0 Å². The van der Waals surface area contributed by atoms with Crippen LogP contribution in [0.25, 0.3) is 10.9 Å². The first-order chi connectivity index (χ1) is 9.08. The van der Waals surface area contributed by atoms with Crippen molar-refractivity contribution in [2.75, 3.05) is 5.75 Å². The quantitative estimate of drug-likeness (QED) is 0.757. The summed E-state index contributed by atoms with van der Waals surface area (Å²) in [6.07, 6.45) is 1.52. The standard InChI is InChI=1S/C12H15N3O3S/c1-7(16)19-3-2-11(17)12(18)9-4-8-5-14-15-10(8)6-13-9/h4-6,11-12,17-18H,2-3H2,1H3,(H,14,15). The molecule has 2 aromatic heterocycles. The van der Waals surface area contributed by atoms with Crippen LogP contribution in [0.4, 0.5) is 0 Å². The average molecular weight is 281 g/mol. The van der Waals surface area contributed by atoms with E-state index in [0.29, 0.717) is 17.9 Å². The van der Waals surface area contributed by atoms with E-state index < -0.39 is 12.2 Å². The van der Waals surface area contributed by atoms with Gasteiger partial charge < -0.3 is 10.2 Å². The Kier molecular flexibility index (Phi) is 4.52. The van der Waals surface area contributed by atoms with E-state index in [-0.39, 0.29) is 5.12 Å². The van der Waals surface area contributed by atoms with Crippen molar-refractivity contribution >= 4 is 27.8 Å². The summed E-state index contributed by atoms with van der Waals surface area (Å²) in [5.41, 5.74) is 1.17. The fourth-order valence-corrected chi connectivity index (χ4v) is 2.35. The van der Waals surface area contributed by atoms with Crippen LogP contribution in [0.2, 0.25) is 0 Å². The molecule has 0 bridgehead atoms. The maximum Gasteiger partial charge on any atom is 0.185 e. The summed E-state index contributed by atoms with van der Waals surface area (Å²) >= 11 is 1.13. The van der Waals surface area contributed by atoms with Crippen LogP contribution in [0.5, 0.6) is 0 Å². The lowest BCUT2D eigenvalue weighted by atomic mass is 10.1. The maximum atomic E-state index is 10.8. The van der Waals surface area contributed by atoms with Gasteiger partial charge in [-0.15, -0.1) is 0 Å². The Morgan fingerprint density at radius 1 is 1.47 bits per heavy atom. The molecule has 0 aliphatic carbocycles. The molecule has 2 rings (SSSR count). The zero-order valence-electron chi connectivity index (χ0n) is 10.4. The number of H-pyrrole nitrogens is 1. The van der Waals surface area contributed by atoms with E-state index >= 15 is 0 Å². The Morgan fingerprint density at radius 3 is 3.00 bits per heavy atom. The summed E-state index contributed by atoms with van der Waals surface area (Å²) in [5, 5.41) is 27.3. The monoisotopic (exact) mass is 281 g/mol. The number of hydrogen-bond donors (Lipinski definition) is 3. The Bertz CT molecular complexity index is 572. The highest BCUT2D eigenvalue weighted by atomic mass is 32.2. The molecule has 2 unspecified atom stereocenters. The number of rotatable bonds is 5. The third kappa shape index (κ3) is 3.52. The summed E-state index contributed by atoms with van der Waals surface area (Å²) in [5.74, 6) is 0.474. The summed E-state index contributed by atoms with van der Waals surface area (Å²) in [6, 6.07) is 1.69. The molecule has 7 heteroatoms. The number of hydrogen-bond acceptors (Lipinski definition) is 6. The van der Waals surface area contributed by atoms with Gasteiger partial charge in [0.05, 0.1) is 29.7 Å². The largest absolute Gasteiger partial charge is 0.390 e. The highest BCUT2D eigenvalue weighted by Crippen LogP contribution is 2.21. The summed E-state index contributed by atoms with van der Waals surface area (Å²) in [4.78, 5) is 14.9. The summed E-state index contributed by atoms with van der Waals surface area (Å²) in [7, 11) is 0. The lowest BCUT2D eigenvalue weighted by molar-refractivity contribution is -0.109. The minimum Gasteiger partial charge on any atom is -0.390 e. The van der Waals surface area contributed by atoms with E-state index in [1.54, 1.807) is 18.5 Å². The van der Waals surface area contributed by atoms with Gasteiger partial charge in [0, 0.05) is 18.1 Å². The van der Waals surface area contributed by atoms with Crippen molar-refractivity contribution in [1.82, 2.24) is 15.2 Å². The minimum absolute atomic E-state index is 0.000341. The maximum absolute atomic E-state index is 10.8. The first-order valence-electron chi connectivity index (χ1n) is 5.86. The van der Waals surface area contributed by atoms with Crippen molar-refractivity contribution in [1.29, 1.82) is 0 Å². The Hall–Kier alpha value is -1.44. The van der Waals surface area contributed by atoms with Gasteiger partial charge in [0.25, 0.3) is 0 Å². The molecule has 0 radical (unpaired) electrons. The van der Waals surface area contributed by atoms with Crippen LogP contribution in [0.1, 0.15) is 25.1 Å². The number of carbonyl (C=O) groups excluding carboxylic acids is 1. The smallest absolute Gasteiger partial charge is 0.185 e. The molecule has 0 aliphatic rings. The van der Waals surface area contributed by atoms with Gasteiger partial charge >= 0.3 is 0 Å². The SMILES string of the molecule is CC(=O)SCCC(O)C(O)c1cc2cn[nH]c2cn1. The molecule has 0 aromatic carbocycles. The van der Waals surface area contributed by atoms with Gasteiger partial charge in [0.2, 0.25) is 0 Å². The van der Waals surface area contributed by atoms with Gasteiger partial charge in [-0.2, -0.15) is 5.10 Å². The number of aliphatic hydroxyl groups excluding tert-OH is 2. The van der Waals surface area contributed by atoms with Crippen molar-refractivity contribution in [3.63, 3.8) is 0 Å². The minimum atomic E-state index is -1.06. The Morgan fingerprint density at radius 2 is 2.26 bits per heavy atom. The van der Waals surface area contributed by atoms with Crippen LogP contribution >= 0.6 is 11.8 Å². The molecule has 0 fully saturated rings. The van der Waals surface area contributed by atoms with Crippen LogP contribution in [0.3, 0.4) is 0 Å². The van der Waals surface area contributed by atoms with Gasteiger partial charge in [-0.25, -0.2) is 0 Å². The molecule has 2 aromatic rings. The van der Waals surface area contributed by atoms with Crippen LogP contribution in [-0.2, 0) is 4.79 Å². The average Bonchev–Trinajstić information content (AvgIpc) is 2.84. The Labute approximate surface area is 114 Å². The highest BCUT2D eigenvalue weighted by molar-refractivity contribution is 8.13. The number of nitrogens with zero attached hydrogens (tertiary/aromatic N) is 2. The predicted octanol–water partition coefficient (Wildman–Crippen LogP) is 1.02. The normalized spacial score (nSPS) is 14.5. The number of pyridine rings is 1. The van der Waals surface area contributed by atoms with Crippen molar-refractivity contribution in [2.45, 2.75) is 25.6 Å². The zero-order valence-corrected chi connectivity index (χ0v) is 11.2. The van der Waals surface area contributed by atoms with E-state index in [9.17, 15) is 15.0 Å². The lowest BCUT2D eigenvalue weighted by Crippen LogP contribution is -2.20. The molecule has 0 spiro atoms. The van der Waals surface area contributed by atoms with Crippen LogP contribution in [0.15, 0.2) is 18.5 Å². The molecule has 3 N–H and O–H groups in total. The molecule has 6 nitrogen and oxygen atoms in total. The molecule has 2 heterocycles. The fourth-order valence-electron chi connectivity index (χ4n) is 1.70. The second kappa shape index (κ2) is 6.14. The van der Waals surface area contributed by atoms with Crippen molar-refractivity contribution in [2.24, 2.45) is 0 Å². The van der Waals surface area contributed by atoms with Gasteiger partial charge in [-0.3, -0.25) is 14.9 Å². The number of aliphatic hydroxyl groups is 2. The number of nitrogens with one attached hydrogen (secondary N) is 1. The zero-order chi connectivity index (χ0) is 13.8. The van der Waals surface area contributed by atoms with E-state index in [0.717, 1.165) is 22.7 Å². The second-order valence-electron chi connectivity index (χ2n) is 4.21. The fraction of sp³-hybridized carbons (Fsp3) is 0.417. The number of aromatic nitrogens is 3. The van der Waals surface area contributed by atoms with Crippen molar-refractivity contribution in [3.05, 3.63) is 24.2 Å². The number of thioether (sulfide) groups is 1. The van der Waals surface area contributed by atoms with E-state index in [1.807, 2.05) is 0 Å². The third-order valence-electron chi connectivity index (χ3n) is 2.73. The van der Waals surface area contributed by atoms with Gasteiger partial charge in [0.15, 0.2) is 5.12 Å². The topological polar surface area (TPSA) is 99.1 Å². The molecular weight excluding hydrogens is 266 g/mol. The first kappa shape index (κ1) is 14.0. The summed E-state index contributed by atoms with van der Waals surface area (Å²) in [6.45, 7) is 1.47. The third-order valence-corrected chi connectivity index (χ3v) is 3.58. The van der Waals surface area contributed by atoms with Crippen molar-refractivity contribution in [3.8, 4) is 0 Å². The first-order valence-corrected chi connectivity index (χ1v) is 6.85. The van der Waals surface area contributed by atoms with Gasteiger partial charge in [0.1, 0.15) is 6.10 Å². The number of aromatic amines is 1. The van der Waals surface area contributed by atoms with Gasteiger partial charge in [-0.1, -0.05) is 11.8 Å². The predicted molar refractivity (Wildman–Crippen MR) is 72.6 cm³/mol. The van der Waals surface area contributed by atoms with Gasteiger partial charge in [-0.05, 0) is 12.5 Å². The number of fused-ring (bicyclic) bond motifs is 1. The van der Waals surface area contributed by atoms with Crippen LogP contribution in [0, 0.1) is 0 Å². The molecule has 0 saturated heterocycles. The molecule has 0 saturated carbocycles. The van der Waals surface area contributed by atoms with E-state index in [1.165, 1.54) is 6.92 Å².